The van der Waals surface area contributed by atoms with E-state index in [9.17, 15) is 4.79 Å². The van der Waals surface area contributed by atoms with Crippen LogP contribution in [0.4, 0.5) is 0 Å². The van der Waals surface area contributed by atoms with Crippen LogP contribution in [0.5, 0.6) is 0 Å². The second-order valence-corrected chi connectivity index (χ2v) is 4.85. The Bertz CT molecular complexity index is 403. The highest BCUT2D eigenvalue weighted by atomic mass is 16.1. The van der Waals surface area contributed by atoms with Gasteiger partial charge in [-0.3, -0.25) is 14.4 Å². The van der Waals surface area contributed by atoms with Crippen LogP contribution in [-0.4, -0.2) is 40.1 Å². The Hall–Kier alpha value is -1.16. The Morgan fingerprint density at radius 3 is 2.44 bits per heavy atom. The van der Waals surface area contributed by atoms with Crippen LogP contribution in [0.3, 0.4) is 0 Å². The van der Waals surface area contributed by atoms with Gasteiger partial charge in [0.2, 0.25) is 0 Å². The third kappa shape index (κ3) is 1.67. The molecule has 0 radical (unpaired) electrons. The van der Waals surface area contributed by atoms with E-state index in [4.69, 9.17) is 0 Å². The first kappa shape index (κ1) is 11.3. The van der Waals surface area contributed by atoms with Gasteiger partial charge in [0, 0.05) is 24.8 Å². The quantitative estimate of drug-likeness (QED) is 0.727. The predicted octanol–water partition coefficient (Wildman–Crippen LogP) is 1.58. The molecule has 0 amide bonds. The lowest BCUT2D eigenvalue weighted by atomic mass is 10.1. The van der Waals surface area contributed by atoms with E-state index in [0.717, 1.165) is 36.3 Å². The van der Waals surface area contributed by atoms with Crippen molar-refractivity contribution in [2.24, 2.45) is 0 Å². The molecule has 2 heterocycles. The molecule has 0 aliphatic carbocycles. The van der Waals surface area contributed by atoms with Crippen molar-refractivity contribution in [2.75, 3.05) is 13.1 Å². The predicted molar refractivity (Wildman–Crippen MR) is 62.8 cm³/mol. The summed E-state index contributed by atoms with van der Waals surface area (Å²) in [6.45, 7) is 10.4. The lowest BCUT2D eigenvalue weighted by Gasteiger charge is -2.42. The number of hydrogen-bond donors (Lipinski definition) is 0. The summed E-state index contributed by atoms with van der Waals surface area (Å²) in [4.78, 5) is 13.3. The normalized spacial score (nSPS) is 17.8. The summed E-state index contributed by atoms with van der Waals surface area (Å²) in [6, 6.07) is 1.04. The van der Waals surface area contributed by atoms with Gasteiger partial charge in [-0.05, 0) is 27.7 Å². The van der Waals surface area contributed by atoms with E-state index in [2.05, 4.69) is 23.8 Å². The Kier molecular flexibility index (Phi) is 2.84. The molecule has 1 aliphatic rings. The fourth-order valence-corrected chi connectivity index (χ4v) is 2.27. The number of nitrogens with zero attached hydrogens (tertiary/aromatic N) is 3. The van der Waals surface area contributed by atoms with Crippen molar-refractivity contribution >= 4 is 6.29 Å². The van der Waals surface area contributed by atoms with Crippen molar-refractivity contribution in [1.82, 2.24) is 14.7 Å². The highest BCUT2D eigenvalue weighted by Gasteiger charge is 2.31. The monoisotopic (exact) mass is 221 g/mol. The Morgan fingerprint density at radius 1 is 1.38 bits per heavy atom. The van der Waals surface area contributed by atoms with Crippen LogP contribution in [0.25, 0.3) is 0 Å². The maximum Gasteiger partial charge on any atom is 0.153 e. The summed E-state index contributed by atoms with van der Waals surface area (Å²) in [7, 11) is 0. The van der Waals surface area contributed by atoms with Gasteiger partial charge in [-0.2, -0.15) is 5.10 Å². The molecule has 0 saturated carbocycles. The SMILES string of the molecule is Cc1nn(C2CN(C(C)C)C2)c(C)c1C=O. The molecule has 16 heavy (non-hydrogen) atoms. The van der Waals surface area contributed by atoms with Crippen molar-refractivity contribution in [3.63, 3.8) is 0 Å². The first-order valence-corrected chi connectivity index (χ1v) is 5.79. The van der Waals surface area contributed by atoms with Crippen LogP contribution in [-0.2, 0) is 0 Å². The van der Waals surface area contributed by atoms with Crippen LogP contribution in [0.15, 0.2) is 0 Å². The molecule has 88 valence electrons. The molecule has 1 aromatic heterocycles. The molecule has 1 saturated heterocycles. The average Bonchev–Trinajstić information content (AvgIpc) is 2.39. The molecule has 0 spiro atoms. The van der Waals surface area contributed by atoms with E-state index in [1.165, 1.54) is 0 Å². The van der Waals surface area contributed by atoms with E-state index >= 15 is 0 Å². The van der Waals surface area contributed by atoms with Gasteiger partial charge < -0.3 is 0 Å². The van der Waals surface area contributed by atoms with Crippen LogP contribution < -0.4 is 0 Å². The maximum absolute atomic E-state index is 10.9. The standard InChI is InChI=1S/C12H19N3O/c1-8(2)14-5-11(6-14)15-10(4)12(7-16)9(3)13-15/h7-8,11H,5-6H2,1-4H3. The summed E-state index contributed by atoms with van der Waals surface area (Å²) in [5.41, 5.74) is 2.60. The van der Waals surface area contributed by atoms with Crippen molar-refractivity contribution in [3.8, 4) is 0 Å². The Labute approximate surface area is 96.2 Å². The largest absolute Gasteiger partial charge is 0.298 e. The molecule has 1 aliphatic heterocycles. The summed E-state index contributed by atoms with van der Waals surface area (Å²) in [6.07, 6.45) is 0.910. The minimum absolute atomic E-state index is 0.440. The van der Waals surface area contributed by atoms with Crippen LogP contribution in [0.2, 0.25) is 0 Å². The van der Waals surface area contributed by atoms with Crippen molar-refractivity contribution in [3.05, 3.63) is 17.0 Å². The van der Waals surface area contributed by atoms with Gasteiger partial charge in [-0.15, -0.1) is 0 Å². The molecule has 1 fully saturated rings. The zero-order chi connectivity index (χ0) is 11.9. The van der Waals surface area contributed by atoms with Gasteiger partial charge in [0.05, 0.1) is 17.3 Å². The number of carbonyl (C=O) groups excluding carboxylic acids is 1. The van der Waals surface area contributed by atoms with Crippen molar-refractivity contribution in [2.45, 2.75) is 39.8 Å². The number of rotatable bonds is 3. The number of aldehydes is 1. The fraction of sp³-hybridized carbons (Fsp3) is 0.667. The summed E-state index contributed by atoms with van der Waals surface area (Å²) in [5.74, 6) is 0. The molecule has 4 heteroatoms. The van der Waals surface area contributed by atoms with E-state index in [0.29, 0.717) is 12.1 Å². The van der Waals surface area contributed by atoms with E-state index in [-0.39, 0.29) is 0 Å². The van der Waals surface area contributed by atoms with Gasteiger partial charge >= 0.3 is 0 Å². The highest BCUT2D eigenvalue weighted by Crippen LogP contribution is 2.25. The number of aromatic nitrogens is 2. The molecular weight excluding hydrogens is 202 g/mol. The number of aryl methyl sites for hydroxylation is 1. The van der Waals surface area contributed by atoms with Crippen molar-refractivity contribution in [1.29, 1.82) is 0 Å². The third-order valence-corrected chi connectivity index (χ3v) is 3.47. The highest BCUT2D eigenvalue weighted by molar-refractivity contribution is 5.78. The maximum atomic E-state index is 10.9. The first-order valence-electron chi connectivity index (χ1n) is 5.79. The second kappa shape index (κ2) is 4.01. The van der Waals surface area contributed by atoms with Crippen LogP contribution in [0.1, 0.15) is 41.6 Å². The Morgan fingerprint density at radius 2 is 2.00 bits per heavy atom. The number of hydrogen-bond acceptors (Lipinski definition) is 3. The Balaban J connectivity index is 2.15. The molecule has 0 unspecified atom stereocenters. The second-order valence-electron chi connectivity index (χ2n) is 4.85. The molecule has 2 rings (SSSR count). The lowest BCUT2D eigenvalue weighted by molar-refractivity contribution is 0.0661. The molecule has 0 N–H and O–H groups in total. The van der Waals surface area contributed by atoms with Gasteiger partial charge in [-0.25, -0.2) is 0 Å². The summed E-state index contributed by atoms with van der Waals surface area (Å²) < 4.78 is 2.01. The van der Waals surface area contributed by atoms with Gasteiger partial charge in [-0.1, -0.05) is 0 Å². The molecule has 4 nitrogen and oxygen atoms in total. The lowest BCUT2D eigenvalue weighted by Crippen LogP contribution is -2.51. The molecule has 1 aromatic rings. The van der Waals surface area contributed by atoms with E-state index in [1.54, 1.807) is 0 Å². The minimum atomic E-state index is 0.440. The molecular formula is C12H19N3O. The smallest absolute Gasteiger partial charge is 0.153 e. The third-order valence-electron chi connectivity index (χ3n) is 3.47. The van der Waals surface area contributed by atoms with Crippen LogP contribution in [0, 0.1) is 13.8 Å². The number of likely N-dealkylation sites (tertiary alicyclic amines) is 1. The minimum Gasteiger partial charge on any atom is -0.298 e. The van der Waals surface area contributed by atoms with Crippen molar-refractivity contribution < 1.29 is 4.79 Å². The number of carbonyl (C=O) groups is 1. The summed E-state index contributed by atoms with van der Waals surface area (Å²) >= 11 is 0. The topological polar surface area (TPSA) is 38.1 Å². The van der Waals surface area contributed by atoms with Gasteiger partial charge in [0.1, 0.15) is 0 Å². The zero-order valence-electron chi connectivity index (χ0n) is 10.4. The van der Waals surface area contributed by atoms with E-state index in [1.807, 2.05) is 18.5 Å². The average molecular weight is 221 g/mol. The molecule has 0 bridgehead atoms. The zero-order valence-corrected chi connectivity index (χ0v) is 10.4. The van der Waals surface area contributed by atoms with Gasteiger partial charge in [0.25, 0.3) is 0 Å². The molecule has 0 aromatic carbocycles. The first-order chi connectivity index (χ1) is 7.54. The van der Waals surface area contributed by atoms with Gasteiger partial charge in [0.15, 0.2) is 6.29 Å². The summed E-state index contributed by atoms with van der Waals surface area (Å²) in [5, 5.41) is 4.46. The van der Waals surface area contributed by atoms with Crippen LogP contribution >= 0.6 is 0 Å². The van der Waals surface area contributed by atoms with E-state index < -0.39 is 0 Å². The fourth-order valence-electron chi connectivity index (χ4n) is 2.27. The molecule has 0 atom stereocenters.